The van der Waals surface area contributed by atoms with Crippen molar-refractivity contribution in [1.29, 1.82) is 0 Å². The van der Waals surface area contributed by atoms with E-state index in [-0.39, 0.29) is 0 Å². The van der Waals surface area contributed by atoms with Gasteiger partial charge in [0.2, 0.25) is 0 Å². The van der Waals surface area contributed by atoms with Crippen molar-refractivity contribution in [1.82, 2.24) is 4.90 Å². The number of aliphatic carboxylic acids is 1. The number of benzene rings is 1. The normalized spacial score (nSPS) is 17.5. The molecular weight excluding hydrogens is 214 g/mol. The van der Waals surface area contributed by atoms with Crippen molar-refractivity contribution in [2.45, 2.75) is 32.7 Å². The van der Waals surface area contributed by atoms with Gasteiger partial charge in [-0.25, -0.2) is 0 Å². The molecule has 1 aliphatic rings. The van der Waals surface area contributed by atoms with Crippen LogP contribution in [0.2, 0.25) is 0 Å². The number of carbonyl (C=O) groups is 1. The number of fused-ring (bicyclic) bond motifs is 1. The van der Waals surface area contributed by atoms with Crippen LogP contribution in [0.25, 0.3) is 0 Å². The molecule has 3 heteroatoms. The van der Waals surface area contributed by atoms with Gasteiger partial charge < -0.3 is 5.11 Å². The summed E-state index contributed by atoms with van der Waals surface area (Å²) in [6.45, 7) is 6.90. The summed E-state index contributed by atoms with van der Waals surface area (Å²) >= 11 is 0. The average molecular weight is 233 g/mol. The van der Waals surface area contributed by atoms with E-state index in [0.717, 1.165) is 31.6 Å². The van der Waals surface area contributed by atoms with Gasteiger partial charge >= 0.3 is 5.97 Å². The lowest BCUT2D eigenvalue weighted by molar-refractivity contribution is -0.138. The standard InChI is InChI=1S/C14H19NO2/c1-3-15-8-7-11-5-4-6-12(13(11)9-15)10(2)14(16)17/h4-6,10H,3,7-9H2,1-2H3,(H,16,17). The summed E-state index contributed by atoms with van der Waals surface area (Å²) in [5.74, 6) is -1.16. The van der Waals surface area contributed by atoms with E-state index in [1.807, 2.05) is 12.1 Å². The van der Waals surface area contributed by atoms with Crippen LogP contribution in [0.3, 0.4) is 0 Å². The molecule has 17 heavy (non-hydrogen) atoms. The second kappa shape index (κ2) is 4.88. The van der Waals surface area contributed by atoms with Crippen LogP contribution in [0.4, 0.5) is 0 Å². The summed E-state index contributed by atoms with van der Waals surface area (Å²) in [6, 6.07) is 6.06. The van der Waals surface area contributed by atoms with Crippen LogP contribution in [0, 0.1) is 0 Å². The number of hydrogen-bond acceptors (Lipinski definition) is 2. The highest BCUT2D eigenvalue weighted by molar-refractivity contribution is 5.76. The lowest BCUT2D eigenvalue weighted by atomic mass is 9.89. The van der Waals surface area contributed by atoms with Crippen LogP contribution in [0.15, 0.2) is 18.2 Å². The van der Waals surface area contributed by atoms with E-state index in [1.54, 1.807) is 6.92 Å². The highest BCUT2D eigenvalue weighted by atomic mass is 16.4. The molecule has 0 aromatic heterocycles. The fourth-order valence-corrected chi connectivity index (χ4v) is 2.47. The number of carboxylic acids is 1. The smallest absolute Gasteiger partial charge is 0.310 e. The first kappa shape index (κ1) is 12.1. The van der Waals surface area contributed by atoms with Gasteiger partial charge in [-0.15, -0.1) is 0 Å². The van der Waals surface area contributed by atoms with Crippen molar-refractivity contribution in [2.24, 2.45) is 0 Å². The SMILES string of the molecule is CCN1CCc2cccc(C(C)C(=O)O)c2C1. The Labute approximate surface area is 102 Å². The summed E-state index contributed by atoms with van der Waals surface area (Å²) < 4.78 is 0. The van der Waals surface area contributed by atoms with Crippen molar-refractivity contribution in [3.8, 4) is 0 Å². The van der Waals surface area contributed by atoms with Gasteiger partial charge in [0.15, 0.2) is 0 Å². The summed E-state index contributed by atoms with van der Waals surface area (Å²) in [6.07, 6.45) is 1.03. The molecule has 0 saturated heterocycles. The number of nitrogens with zero attached hydrogens (tertiary/aromatic N) is 1. The van der Waals surface area contributed by atoms with Gasteiger partial charge in [0, 0.05) is 13.1 Å². The second-order valence-electron chi connectivity index (χ2n) is 4.66. The Morgan fingerprint density at radius 1 is 1.53 bits per heavy atom. The highest BCUT2D eigenvalue weighted by Crippen LogP contribution is 2.27. The van der Waals surface area contributed by atoms with E-state index >= 15 is 0 Å². The molecule has 3 nitrogen and oxygen atoms in total. The summed E-state index contributed by atoms with van der Waals surface area (Å²) in [5, 5.41) is 9.15. The van der Waals surface area contributed by atoms with Crippen LogP contribution in [0.5, 0.6) is 0 Å². The molecule has 92 valence electrons. The van der Waals surface area contributed by atoms with Gasteiger partial charge in [-0.05, 0) is 36.6 Å². The number of hydrogen-bond donors (Lipinski definition) is 1. The molecule has 2 rings (SSSR count). The molecule has 0 saturated carbocycles. The van der Waals surface area contributed by atoms with E-state index < -0.39 is 11.9 Å². The highest BCUT2D eigenvalue weighted by Gasteiger charge is 2.23. The molecule has 0 fully saturated rings. The Hall–Kier alpha value is -1.35. The molecule has 1 heterocycles. The van der Waals surface area contributed by atoms with Crippen LogP contribution < -0.4 is 0 Å². The Morgan fingerprint density at radius 3 is 2.94 bits per heavy atom. The minimum atomic E-state index is -0.743. The van der Waals surface area contributed by atoms with Gasteiger partial charge in [0.25, 0.3) is 0 Å². The van der Waals surface area contributed by atoms with Crippen LogP contribution in [-0.4, -0.2) is 29.1 Å². The fourth-order valence-electron chi connectivity index (χ4n) is 2.47. The third-order valence-electron chi connectivity index (χ3n) is 3.67. The first-order chi connectivity index (χ1) is 8.13. The minimum Gasteiger partial charge on any atom is -0.481 e. The molecule has 0 spiro atoms. The maximum atomic E-state index is 11.1. The first-order valence-corrected chi connectivity index (χ1v) is 6.19. The molecule has 1 unspecified atom stereocenters. The van der Waals surface area contributed by atoms with Crippen LogP contribution in [0.1, 0.15) is 36.5 Å². The summed E-state index contributed by atoms with van der Waals surface area (Å²) in [5.41, 5.74) is 3.53. The largest absolute Gasteiger partial charge is 0.481 e. The minimum absolute atomic E-state index is 0.415. The molecule has 1 atom stereocenters. The van der Waals surface area contributed by atoms with Gasteiger partial charge in [-0.3, -0.25) is 9.69 Å². The molecule has 0 bridgehead atoms. The number of likely N-dealkylation sites (N-methyl/N-ethyl adjacent to an activating group) is 1. The van der Waals surface area contributed by atoms with Gasteiger partial charge in [-0.2, -0.15) is 0 Å². The van der Waals surface area contributed by atoms with Crippen molar-refractivity contribution in [3.63, 3.8) is 0 Å². The van der Waals surface area contributed by atoms with Crippen molar-refractivity contribution >= 4 is 5.97 Å². The number of carboxylic acid groups (broad SMARTS) is 1. The van der Waals surface area contributed by atoms with E-state index in [0.29, 0.717) is 0 Å². The lowest BCUT2D eigenvalue weighted by Crippen LogP contribution is -2.31. The third-order valence-corrected chi connectivity index (χ3v) is 3.67. The maximum absolute atomic E-state index is 11.1. The zero-order chi connectivity index (χ0) is 12.4. The molecule has 0 amide bonds. The second-order valence-corrected chi connectivity index (χ2v) is 4.66. The zero-order valence-electron chi connectivity index (χ0n) is 10.4. The molecule has 0 radical (unpaired) electrons. The molecular formula is C14H19NO2. The van der Waals surface area contributed by atoms with Crippen LogP contribution in [-0.2, 0) is 17.8 Å². The number of rotatable bonds is 3. The van der Waals surface area contributed by atoms with Crippen molar-refractivity contribution < 1.29 is 9.90 Å². The van der Waals surface area contributed by atoms with Gasteiger partial charge in [-0.1, -0.05) is 25.1 Å². The van der Waals surface area contributed by atoms with Crippen molar-refractivity contribution in [3.05, 3.63) is 34.9 Å². The molecule has 1 aromatic carbocycles. The van der Waals surface area contributed by atoms with E-state index in [9.17, 15) is 4.79 Å². The van der Waals surface area contributed by atoms with E-state index in [2.05, 4.69) is 17.9 Å². The quantitative estimate of drug-likeness (QED) is 0.870. The predicted octanol–water partition coefficient (Wildman–Crippen LogP) is 2.25. The Bertz CT molecular complexity index is 428. The summed E-state index contributed by atoms with van der Waals surface area (Å²) in [7, 11) is 0. The molecule has 1 N–H and O–H groups in total. The topological polar surface area (TPSA) is 40.5 Å². The maximum Gasteiger partial charge on any atom is 0.310 e. The molecule has 1 aliphatic heterocycles. The molecule has 0 aliphatic carbocycles. The van der Waals surface area contributed by atoms with Crippen LogP contribution >= 0.6 is 0 Å². The monoisotopic (exact) mass is 233 g/mol. The summed E-state index contributed by atoms with van der Waals surface area (Å²) in [4.78, 5) is 13.5. The van der Waals surface area contributed by atoms with E-state index in [1.165, 1.54) is 11.1 Å². The predicted molar refractivity (Wildman–Crippen MR) is 67.1 cm³/mol. The average Bonchev–Trinajstić information content (AvgIpc) is 2.36. The first-order valence-electron chi connectivity index (χ1n) is 6.19. The fraction of sp³-hybridized carbons (Fsp3) is 0.500. The van der Waals surface area contributed by atoms with Gasteiger partial charge in [0.1, 0.15) is 0 Å². The third kappa shape index (κ3) is 2.34. The Morgan fingerprint density at radius 2 is 2.29 bits per heavy atom. The van der Waals surface area contributed by atoms with Crippen molar-refractivity contribution in [2.75, 3.05) is 13.1 Å². The lowest BCUT2D eigenvalue weighted by Gasteiger charge is -2.30. The van der Waals surface area contributed by atoms with Gasteiger partial charge in [0.05, 0.1) is 5.92 Å². The Balaban J connectivity index is 2.38. The molecule has 1 aromatic rings. The Kier molecular flexibility index (Phi) is 3.48. The zero-order valence-corrected chi connectivity index (χ0v) is 10.4. The van der Waals surface area contributed by atoms with E-state index in [4.69, 9.17) is 5.11 Å².